The third kappa shape index (κ3) is 10.5. The van der Waals surface area contributed by atoms with Crippen LogP contribution in [0.3, 0.4) is 0 Å². The van der Waals surface area contributed by atoms with Gasteiger partial charge in [0.25, 0.3) is 0 Å². The van der Waals surface area contributed by atoms with Gasteiger partial charge in [0, 0.05) is 44.0 Å². The third-order valence-corrected chi connectivity index (χ3v) is 19.7. The van der Waals surface area contributed by atoms with Gasteiger partial charge in [0.1, 0.15) is 0 Å². The van der Waals surface area contributed by atoms with Crippen molar-refractivity contribution >= 4 is 88.0 Å². The quantitative estimate of drug-likeness (QED) is 0.100. The molecule has 0 radical (unpaired) electrons. The summed E-state index contributed by atoms with van der Waals surface area (Å²) in [6.07, 6.45) is 0. The van der Waals surface area contributed by atoms with E-state index in [2.05, 4.69) is 398 Å². The van der Waals surface area contributed by atoms with E-state index in [0.717, 1.165) is 144 Å². The maximum atomic E-state index is 2.60. The average molecular weight is 1250 g/mol. The Morgan fingerprint density at radius 2 is 0.408 bits per heavy atom. The number of hydrogen-bond donors (Lipinski definition) is 0. The zero-order valence-corrected chi connectivity index (χ0v) is 53.8. The molecule has 0 spiro atoms. The van der Waals surface area contributed by atoms with Crippen LogP contribution in [-0.4, -0.2) is 0 Å². The predicted octanol–water partition coefficient (Wildman–Crippen LogP) is 27.2. The van der Waals surface area contributed by atoms with Crippen LogP contribution in [0.15, 0.2) is 388 Å². The standard InChI is InChI=1S/C96H64N2/c1-9-25-65(26-10-1)77-43-41-73-45-51-85(71-37-21-7-22-38-71)95(89(73)63-77)97(83-59-79(67-29-13-3-14-30-67)57-80(60-83)68-31-15-4-16-32-68)91-55-49-75-48-54-88-92(56-50-76-47-53-87(91)93(75)94(76)88)98(84-61-81(69-33-17-5-18-34-69)58-82(62-84)70-35-19-6-20-36-70)96-86(72-39-23-8-24-40-72)52-46-74-42-44-78(64-90(74)96)66-27-11-2-12-28-66/h1-64H. The summed E-state index contributed by atoms with van der Waals surface area (Å²) in [5.41, 5.74) is 24.7. The molecule has 0 aromatic heterocycles. The second-order valence-electron chi connectivity index (χ2n) is 25.5. The van der Waals surface area contributed by atoms with E-state index < -0.39 is 0 Å². The number of rotatable bonds is 14. The second kappa shape index (κ2) is 24.8. The molecule has 458 valence electrons. The number of benzene rings is 18. The van der Waals surface area contributed by atoms with Crippen LogP contribution in [-0.2, 0) is 0 Å². The zero-order chi connectivity index (χ0) is 64.9. The third-order valence-electron chi connectivity index (χ3n) is 19.7. The van der Waals surface area contributed by atoms with Gasteiger partial charge in [-0.3, -0.25) is 0 Å². The van der Waals surface area contributed by atoms with E-state index in [1.807, 2.05) is 0 Å². The molecule has 0 fully saturated rings. The lowest BCUT2D eigenvalue weighted by atomic mass is 9.89. The summed E-state index contributed by atoms with van der Waals surface area (Å²) in [4.78, 5) is 5.20. The Balaban J connectivity index is 0.960. The largest absolute Gasteiger partial charge is 0.309 e. The molecule has 18 aromatic carbocycles. The van der Waals surface area contributed by atoms with Gasteiger partial charge in [-0.25, -0.2) is 0 Å². The van der Waals surface area contributed by atoms with E-state index in [4.69, 9.17) is 0 Å². The van der Waals surface area contributed by atoms with Crippen LogP contribution in [0.25, 0.3) is 143 Å². The fourth-order valence-electron chi connectivity index (χ4n) is 15.0. The van der Waals surface area contributed by atoms with E-state index in [1.54, 1.807) is 0 Å². The van der Waals surface area contributed by atoms with Crippen molar-refractivity contribution in [3.8, 4) is 89.0 Å². The Bertz CT molecular complexity index is 5440. The van der Waals surface area contributed by atoms with Crippen molar-refractivity contribution in [2.45, 2.75) is 0 Å². The Morgan fingerprint density at radius 1 is 0.153 bits per heavy atom. The Kier molecular flexibility index (Phi) is 14.6. The SMILES string of the molecule is c1ccc(-c2cc(-c3ccccc3)cc(N(c3c(-c4ccccc4)ccc4ccc(-c5ccccc5)cc34)c3ccc4ccc5c(N(c6cc(-c7ccccc7)cc(-c7ccccc7)c6)c6c(-c7ccccc7)ccc7ccc(-c8ccccc8)cc67)ccc6ccc3c4c65)c2)cc1. The van der Waals surface area contributed by atoms with Crippen LogP contribution < -0.4 is 9.80 Å². The van der Waals surface area contributed by atoms with Crippen LogP contribution in [0.1, 0.15) is 0 Å². The summed E-state index contributed by atoms with van der Waals surface area (Å²) >= 11 is 0. The molecule has 18 aromatic rings. The van der Waals surface area contributed by atoms with Crippen molar-refractivity contribution in [1.82, 2.24) is 0 Å². The first-order valence-corrected chi connectivity index (χ1v) is 33.8. The van der Waals surface area contributed by atoms with Gasteiger partial charge in [0.15, 0.2) is 0 Å². The smallest absolute Gasteiger partial charge is 0.0618 e. The Hall–Kier alpha value is -12.9. The zero-order valence-electron chi connectivity index (χ0n) is 53.8. The van der Waals surface area contributed by atoms with Gasteiger partial charge in [-0.1, -0.05) is 328 Å². The summed E-state index contributed by atoms with van der Waals surface area (Å²) in [7, 11) is 0. The van der Waals surface area contributed by atoms with Gasteiger partial charge in [-0.05, 0) is 171 Å². The molecule has 0 amide bonds. The minimum Gasteiger partial charge on any atom is -0.309 e. The first kappa shape index (κ1) is 57.8. The normalized spacial score (nSPS) is 11.5. The number of hydrogen-bond acceptors (Lipinski definition) is 2. The lowest BCUT2D eigenvalue weighted by Gasteiger charge is -2.33. The van der Waals surface area contributed by atoms with E-state index >= 15 is 0 Å². The van der Waals surface area contributed by atoms with Crippen LogP contribution in [0, 0.1) is 0 Å². The van der Waals surface area contributed by atoms with E-state index in [9.17, 15) is 0 Å². The maximum Gasteiger partial charge on any atom is 0.0618 e. The first-order chi connectivity index (χ1) is 48.6. The second-order valence-corrected chi connectivity index (χ2v) is 25.5. The minimum absolute atomic E-state index is 1.05. The highest BCUT2D eigenvalue weighted by atomic mass is 15.2. The molecule has 0 saturated heterocycles. The highest BCUT2D eigenvalue weighted by Gasteiger charge is 2.29. The molecular weight excluding hydrogens is 1180 g/mol. The van der Waals surface area contributed by atoms with Crippen LogP contribution >= 0.6 is 0 Å². The van der Waals surface area contributed by atoms with Gasteiger partial charge in [0.05, 0.1) is 22.7 Å². The number of anilines is 6. The fourth-order valence-corrected chi connectivity index (χ4v) is 15.0. The van der Waals surface area contributed by atoms with Crippen molar-refractivity contribution in [3.63, 3.8) is 0 Å². The summed E-state index contributed by atoms with van der Waals surface area (Å²) in [6.45, 7) is 0. The summed E-state index contributed by atoms with van der Waals surface area (Å²) in [5, 5.41) is 11.6. The average Bonchev–Trinajstić information content (AvgIpc) is 0.718. The highest BCUT2D eigenvalue weighted by molar-refractivity contribution is 6.29. The van der Waals surface area contributed by atoms with Gasteiger partial charge in [-0.2, -0.15) is 0 Å². The molecule has 0 heterocycles. The first-order valence-electron chi connectivity index (χ1n) is 33.8. The number of nitrogens with zero attached hydrogens (tertiary/aromatic N) is 2. The molecule has 0 aliphatic rings. The molecule has 0 unspecified atom stereocenters. The highest BCUT2D eigenvalue weighted by Crippen LogP contribution is 2.54. The van der Waals surface area contributed by atoms with Crippen LogP contribution in [0.2, 0.25) is 0 Å². The molecule has 2 nitrogen and oxygen atoms in total. The Morgan fingerprint density at radius 3 is 0.714 bits per heavy atom. The van der Waals surface area contributed by atoms with Gasteiger partial charge >= 0.3 is 0 Å². The fraction of sp³-hybridized carbons (Fsp3) is 0. The molecular formula is C96H64N2. The summed E-state index contributed by atoms with van der Waals surface area (Å²) < 4.78 is 0. The lowest BCUT2D eigenvalue weighted by Crippen LogP contribution is -2.14. The van der Waals surface area contributed by atoms with Gasteiger partial charge in [0.2, 0.25) is 0 Å². The summed E-state index contributed by atoms with van der Waals surface area (Å²) in [6, 6.07) is 144. The van der Waals surface area contributed by atoms with Crippen LogP contribution in [0.5, 0.6) is 0 Å². The maximum absolute atomic E-state index is 2.60. The van der Waals surface area contributed by atoms with Crippen LogP contribution in [0.4, 0.5) is 34.1 Å². The topological polar surface area (TPSA) is 6.48 Å². The van der Waals surface area contributed by atoms with Crippen molar-refractivity contribution in [1.29, 1.82) is 0 Å². The molecule has 2 heteroatoms. The molecule has 0 saturated carbocycles. The van der Waals surface area contributed by atoms with Crippen molar-refractivity contribution in [3.05, 3.63) is 388 Å². The summed E-state index contributed by atoms with van der Waals surface area (Å²) in [5.74, 6) is 0. The molecule has 0 aliphatic carbocycles. The van der Waals surface area contributed by atoms with E-state index in [-0.39, 0.29) is 0 Å². The van der Waals surface area contributed by atoms with Gasteiger partial charge < -0.3 is 9.80 Å². The molecule has 0 aliphatic heterocycles. The number of fused-ring (bicyclic) bond motifs is 2. The minimum atomic E-state index is 1.05. The van der Waals surface area contributed by atoms with Crippen molar-refractivity contribution in [2.75, 3.05) is 9.80 Å². The van der Waals surface area contributed by atoms with Crippen molar-refractivity contribution < 1.29 is 0 Å². The Labute approximate surface area is 571 Å². The molecule has 0 atom stereocenters. The molecule has 98 heavy (non-hydrogen) atoms. The predicted molar refractivity (Wildman–Crippen MR) is 418 cm³/mol. The van der Waals surface area contributed by atoms with Crippen molar-refractivity contribution in [2.24, 2.45) is 0 Å². The molecule has 18 rings (SSSR count). The van der Waals surface area contributed by atoms with E-state index in [1.165, 1.54) is 32.7 Å². The molecule has 0 N–H and O–H groups in total. The van der Waals surface area contributed by atoms with E-state index in [0.29, 0.717) is 0 Å². The lowest BCUT2D eigenvalue weighted by molar-refractivity contribution is 1.31. The van der Waals surface area contributed by atoms with Gasteiger partial charge in [-0.15, -0.1) is 0 Å². The monoisotopic (exact) mass is 1240 g/mol. The molecule has 0 bridgehead atoms.